The van der Waals surface area contributed by atoms with Gasteiger partial charge in [-0.1, -0.05) is 25.1 Å². The van der Waals surface area contributed by atoms with Crippen LogP contribution in [0.15, 0.2) is 34.7 Å². The summed E-state index contributed by atoms with van der Waals surface area (Å²) in [7, 11) is 0. The number of para-hydroxylation sites is 1. The van der Waals surface area contributed by atoms with E-state index in [-0.39, 0.29) is 0 Å². The Morgan fingerprint density at radius 1 is 1.29 bits per heavy atom. The van der Waals surface area contributed by atoms with Gasteiger partial charge in [-0.25, -0.2) is 0 Å². The molecular formula is C18H24N2O. The van der Waals surface area contributed by atoms with Crippen molar-refractivity contribution in [2.24, 2.45) is 0 Å². The summed E-state index contributed by atoms with van der Waals surface area (Å²) in [6.07, 6.45) is 2.30. The van der Waals surface area contributed by atoms with E-state index in [2.05, 4.69) is 54.4 Å². The molecule has 0 aliphatic carbocycles. The number of hydrogen-bond acceptors (Lipinski definition) is 3. The second-order valence-corrected chi connectivity index (χ2v) is 5.77. The Labute approximate surface area is 127 Å². The normalized spacial score (nSPS) is 13.7. The molecule has 3 rings (SSSR count). The van der Waals surface area contributed by atoms with Crippen molar-refractivity contribution in [1.29, 1.82) is 0 Å². The zero-order valence-corrected chi connectivity index (χ0v) is 13.0. The minimum absolute atomic E-state index is 0.825. The maximum atomic E-state index is 5.87. The molecule has 3 nitrogen and oxygen atoms in total. The van der Waals surface area contributed by atoms with Crippen LogP contribution in [0.3, 0.4) is 0 Å². The summed E-state index contributed by atoms with van der Waals surface area (Å²) in [5.41, 5.74) is 4.15. The number of nitrogens with one attached hydrogen (secondary N) is 1. The fourth-order valence-electron chi connectivity index (χ4n) is 3.00. The van der Waals surface area contributed by atoms with Crippen LogP contribution in [0.5, 0.6) is 0 Å². The lowest BCUT2D eigenvalue weighted by Crippen LogP contribution is -2.19. The van der Waals surface area contributed by atoms with Gasteiger partial charge >= 0.3 is 0 Å². The fraction of sp³-hybridized carbons (Fsp3) is 0.444. The lowest BCUT2D eigenvalue weighted by Gasteiger charge is -2.18. The van der Waals surface area contributed by atoms with E-state index < -0.39 is 0 Å². The van der Waals surface area contributed by atoms with Crippen LogP contribution in [0.1, 0.15) is 36.0 Å². The Hall–Kier alpha value is -1.74. The van der Waals surface area contributed by atoms with Crippen molar-refractivity contribution >= 4 is 5.69 Å². The molecule has 0 fully saturated rings. The molecule has 0 saturated carbocycles. The van der Waals surface area contributed by atoms with Crippen LogP contribution in [-0.2, 0) is 19.5 Å². The van der Waals surface area contributed by atoms with Crippen LogP contribution in [0.25, 0.3) is 0 Å². The number of furan rings is 1. The second kappa shape index (κ2) is 6.35. The Morgan fingerprint density at radius 2 is 2.14 bits per heavy atom. The van der Waals surface area contributed by atoms with Gasteiger partial charge in [0.15, 0.2) is 0 Å². The molecular weight excluding hydrogens is 260 g/mol. The molecule has 1 N–H and O–H groups in total. The lowest BCUT2D eigenvalue weighted by atomic mass is 10.2. The summed E-state index contributed by atoms with van der Waals surface area (Å²) >= 11 is 0. The third kappa shape index (κ3) is 3.13. The smallest absolute Gasteiger partial charge is 0.118 e. The van der Waals surface area contributed by atoms with Crippen LogP contribution in [0.2, 0.25) is 0 Å². The lowest BCUT2D eigenvalue weighted by molar-refractivity contribution is 0.460. The molecule has 0 spiro atoms. The van der Waals surface area contributed by atoms with Crippen molar-refractivity contribution in [2.45, 2.75) is 39.8 Å². The highest BCUT2D eigenvalue weighted by atomic mass is 16.3. The highest BCUT2D eigenvalue weighted by Crippen LogP contribution is 2.29. The highest BCUT2D eigenvalue weighted by Gasteiger charge is 2.20. The third-order valence-corrected chi connectivity index (χ3v) is 4.14. The minimum Gasteiger partial charge on any atom is -0.465 e. The Balaban J connectivity index is 1.68. The number of fused-ring (bicyclic) bond motifs is 1. The first-order chi connectivity index (χ1) is 10.3. The molecule has 0 radical (unpaired) electrons. The number of nitrogens with zero attached hydrogens (tertiary/aromatic N) is 1. The summed E-state index contributed by atoms with van der Waals surface area (Å²) < 4.78 is 5.87. The molecule has 0 unspecified atom stereocenters. The van der Waals surface area contributed by atoms with Crippen LogP contribution < -0.4 is 10.2 Å². The van der Waals surface area contributed by atoms with Crippen molar-refractivity contribution in [2.75, 3.05) is 18.0 Å². The van der Waals surface area contributed by atoms with E-state index in [1.807, 2.05) is 0 Å². The van der Waals surface area contributed by atoms with E-state index in [1.54, 1.807) is 0 Å². The zero-order valence-electron chi connectivity index (χ0n) is 13.0. The van der Waals surface area contributed by atoms with Gasteiger partial charge in [-0.05, 0) is 44.0 Å². The number of anilines is 1. The maximum absolute atomic E-state index is 5.87. The number of benzene rings is 1. The summed E-state index contributed by atoms with van der Waals surface area (Å²) in [6, 6.07) is 10.9. The molecule has 1 aliphatic heterocycles. The Bertz CT molecular complexity index is 603. The minimum atomic E-state index is 0.825. The van der Waals surface area contributed by atoms with Crippen molar-refractivity contribution in [3.63, 3.8) is 0 Å². The monoisotopic (exact) mass is 284 g/mol. The first kappa shape index (κ1) is 14.2. The van der Waals surface area contributed by atoms with E-state index in [0.29, 0.717) is 0 Å². The van der Waals surface area contributed by atoms with E-state index in [1.165, 1.54) is 16.8 Å². The molecule has 1 aromatic carbocycles. The van der Waals surface area contributed by atoms with Crippen molar-refractivity contribution in [3.8, 4) is 0 Å². The Morgan fingerprint density at radius 3 is 3.00 bits per heavy atom. The topological polar surface area (TPSA) is 28.4 Å². The van der Waals surface area contributed by atoms with Gasteiger partial charge in [0.05, 0.1) is 6.54 Å². The largest absolute Gasteiger partial charge is 0.465 e. The van der Waals surface area contributed by atoms with Gasteiger partial charge in [-0.15, -0.1) is 0 Å². The van der Waals surface area contributed by atoms with Crippen molar-refractivity contribution in [3.05, 3.63) is 53.0 Å². The predicted octanol–water partition coefficient (Wildman–Crippen LogP) is 3.65. The molecule has 3 heteroatoms. The third-order valence-electron chi connectivity index (χ3n) is 4.14. The van der Waals surface area contributed by atoms with Crippen LogP contribution in [-0.4, -0.2) is 13.1 Å². The molecule has 0 atom stereocenters. The molecule has 0 amide bonds. The fourth-order valence-corrected chi connectivity index (χ4v) is 3.00. The summed E-state index contributed by atoms with van der Waals surface area (Å²) in [4.78, 5) is 2.45. The standard InChI is InChI=1S/C18H24N2O/c1-3-9-19-12-17-11-16(14(2)21-17)13-20-10-8-15-6-4-5-7-18(15)20/h4-7,11,19H,3,8-10,12-13H2,1-2H3. The maximum Gasteiger partial charge on any atom is 0.118 e. The van der Waals surface area contributed by atoms with E-state index >= 15 is 0 Å². The number of aryl methyl sites for hydroxylation is 1. The zero-order chi connectivity index (χ0) is 14.7. The molecule has 0 saturated heterocycles. The molecule has 21 heavy (non-hydrogen) atoms. The van der Waals surface area contributed by atoms with E-state index in [0.717, 1.165) is 50.5 Å². The molecule has 2 heterocycles. The van der Waals surface area contributed by atoms with Crippen LogP contribution >= 0.6 is 0 Å². The average Bonchev–Trinajstić information content (AvgIpc) is 3.05. The molecule has 2 aromatic rings. The predicted molar refractivity (Wildman–Crippen MR) is 86.6 cm³/mol. The van der Waals surface area contributed by atoms with Gasteiger partial charge in [-0.2, -0.15) is 0 Å². The number of hydrogen-bond donors (Lipinski definition) is 1. The van der Waals surface area contributed by atoms with Gasteiger partial charge in [-0.3, -0.25) is 0 Å². The van der Waals surface area contributed by atoms with Crippen LogP contribution in [0, 0.1) is 6.92 Å². The SMILES string of the molecule is CCCNCc1cc(CN2CCc3ccccc32)c(C)o1. The first-order valence-electron chi connectivity index (χ1n) is 7.89. The Kier molecular flexibility index (Phi) is 4.30. The summed E-state index contributed by atoms with van der Waals surface area (Å²) in [6.45, 7) is 8.16. The first-order valence-corrected chi connectivity index (χ1v) is 7.89. The number of rotatable bonds is 6. The van der Waals surface area contributed by atoms with E-state index in [9.17, 15) is 0 Å². The van der Waals surface area contributed by atoms with Crippen molar-refractivity contribution < 1.29 is 4.42 Å². The van der Waals surface area contributed by atoms with E-state index in [4.69, 9.17) is 4.42 Å². The molecule has 112 valence electrons. The van der Waals surface area contributed by atoms with Gasteiger partial charge < -0.3 is 14.6 Å². The molecule has 1 aromatic heterocycles. The van der Waals surface area contributed by atoms with Gasteiger partial charge in [0, 0.05) is 24.3 Å². The average molecular weight is 284 g/mol. The second-order valence-electron chi connectivity index (χ2n) is 5.77. The van der Waals surface area contributed by atoms with Gasteiger partial charge in [0.25, 0.3) is 0 Å². The summed E-state index contributed by atoms with van der Waals surface area (Å²) in [5.74, 6) is 2.09. The van der Waals surface area contributed by atoms with Crippen molar-refractivity contribution in [1.82, 2.24) is 5.32 Å². The molecule has 0 bridgehead atoms. The highest BCUT2D eigenvalue weighted by molar-refractivity contribution is 5.58. The van der Waals surface area contributed by atoms with Gasteiger partial charge in [0.2, 0.25) is 0 Å². The summed E-state index contributed by atoms with van der Waals surface area (Å²) in [5, 5.41) is 3.39. The van der Waals surface area contributed by atoms with Crippen LogP contribution in [0.4, 0.5) is 5.69 Å². The molecule has 1 aliphatic rings. The quantitative estimate of drug-likeness (QED) is 0.821. The van der Waals surface area contributed by atoms with Gasteiger partial charge in [0.1, 0.15) is 11.5 Å².